The van der Waals surface area contributed by atoms with Crippen LogP contribution in [0.3, 0.4) is 0 Å². The summed E-state index contributed by atoms with van der Waals surface area (Å²) in [7, 11) is 0. The molecule has 4 aromatic rings. The Labute approximate surface area is 182 Å². The molecule has 0 saturated heterocycles. The maximum Gasteiger partial charge on any atom is 0.244 e. The van der Waals surface area contributed by atoms with Crippen molar-refractivity contribution in [1.82, 2.24) is 5.32 Å². The molecule has 1 aromatic heterocycles. The van der Waals surface area contributed by atoms with Crippen LogP contribution in [0.4, 0.5) is 0 Å². The van der Waals surface area contributed by atoms with Crippen molar-refractivity contribution in [3.8, 4) is 16.9 Å². The lowest BCUT2D eigenvalue weighted by atomic mass is 9.94. The number of hydrogen-bond donors (Lipinski definition) is 1. The summed E-state index contributed by atoms with van der Waals surface area (Å²) >= 11 is 0. The van der Waals surface area contributed by atoms with E-state index in [0.717, 1.165) is 44.5 Å². The standard InChI is InChI=1S/C27H27NO3/c1-5-28-25(29)14-17(3)22-15-23-24(16-31-27(23)18(4)26(22)30-6-2)21-13-9-11-19-10-7-8-12-20(19)21/h7-16H,5-6H2,1-4H3,(H,28,29)/b17-14+. The van der Waals surface area contributed by atoms with Crippen LogP contribution in [0.1, 0.15) is 31.9 Å². The average Bonchev–Trinajstić information content (AvgIpc) is 3.19. The van der Waals surface area contributed by atoms with Gasteiger partial charge in [-0.25, -0.2) is 0 Å². The lowest BCUT2D eigenvalue weighted by Crippen LogP contribution is -2.20. The summed E-state index contributed by atoms with van der Waals surface area (Å²) in [6, 6.07) is 16.7. The molecule has 0 fully saturated rings. The zero-order valence-corrected chi connectivity index (χ0v) is 18.4. The van der Waals surface area contributed by atoms with Gasteiger partial charge in [-0.3, -0.25) is 4.79 Å². The Hall–Kier alpha value is -3.53. The van der Waals surface area contributed by atoms with E-state index in [4.69, 9.17) is 9.15 Å². The highest BCUT2D eigenvalue weighted by atomic mass is 16.5. The van der Waals surface area contributed by atoms with Crippen molar-refractivity contribution in [3.05, 3.63) is 72.0 Å². The van der Waals surface area contributed by atoms with Gasteiger partial charge in [0.05, 0.1) is 12.9 Å². The van der Waals surface area contributed by atoms with Crippen LogP contribution in [0.5, 0.6) is 5.75 Å². The first kappa shape index (κ1) is 20.7. The van der Waals surface area contributed by atoms with E-state index in [9.17, 15) is 4.79 Å². The molecule has 0 radical (unpaired) electrons. The van der Waals surface area contributed by atoms with Crippen molar-refractivity contribution >= 4 is 33.2 Å². The van der Waals surface area contributed by atoms with Gasteiger partial charge in [0.2, 0.25) is 5.91 Å². The number of carbonyl (C=O) groups is 1. The summed E-state index contributed by atoms with van der Waals surface area (Å²) in [5.41, 5.74) is 5.65. The fourth-order valence-corrected chi connectivity index (χ4v) is 4.11. The van der Waals surface area contributed by atoms with E-state index in [1.807, 2.05) is 40.0 Å². The van der Waals surface area contributed by atoms with Crippen LogP contribution in [0.2, 0.25) is 0 Å². The number of carbonyl (C=O) groups excluding carboxylic acids is 1. The molecule has 0 aliphatic heterocycles. The molecule has 0 saturated carbocycles. The quantitative estimate of drug-likeness (QED) is 0.367. The van der Waals surface area contributed by atoms with Gasteiger partial charge in [0.15, 0.2) is 0 Å². The molecule has 0 aliphatic carbocycles. The van der Waals surface area contributed by atoms with E-state index in [2.05, 4.69) is 47.8 Å². The van der Waals surface area contributed by atoms with Crippen LogP contribution in [0, 0.1) is 6.92 Å². The minimum Gasteiger partial charge on any atom is -0.493 e. The van der Waals surface area contributed by atoms with Crippen molar-refractivity contribution in [2.24, 2.45) is 0 Å². The van der Waals surface area contributed by atoms with Gasteiger partial charge in [0, 0.05) is 34.7 Å². The van der Waals surface area contributed by atoms with Gasteiger partial charge in [-0.05, 0) is 55.7 Å². The molecule has 4 rings (SSSR count). The molecule has 1 amide bonds. The smallest absolute Gasteiger partial charge is 0.244 e. The molecule has 158 valence electrons. The van der Waals surface area contributed by atoms with Crippen LogP contribution in [-0.2, 0) is 4.79 Å². The van der Waals surface area contributed by atoms with Crippen molar-refractivity contribution in [2.45, 2.75) is 27.7 Å². The third-order valence-corrected chi connectivity index (χ3v) is 5.54. The highest BCUT2D eigenvalue weighted by molar-refractivity contribution is 6.07. The largest absolute Gasteiger partial charge is 0.493 e. The van der Waals surface area contributed by atoms with Crippen molar-refractivity contribution in [3.63, 3.8) is 0 Å². The van der Waals surface area contributed by atoms with E-state index < -0.39 is 0 Å². The fraction of sp³-hybridized carbons (Fsp3) is 0.222. The van der Waals surface area contributed by atoms with Crippen molar-refractivity contribution < 1.29 is 13.9 Å². The Morgan fingerprint density at radius 3 is 2.61 bits per heavy atom. The van der Waals surface area contributed by atoms with E-state index in [-0.39, 0.29) is 5.91 Å². The normalized spacial score (nSPS) is 11.8. The summed E-state index contributed by atoms with van der Waals surface area (Å²) in [6.07, 6.45) is 3.45. The minimum absolute atomic E-state index is 0.110. The zero-order valence-electron chi connectivity index (χ0n) is 18.4. The number of furan rings is 1. The van der Waals surface area contributed by atoms with Gasteiger partial charge in [-0.1, -0.05) is 42.5 Å². The molecule has 1 heterocycles. The van der Waals surface area contributed by atoms with E-state index in [1.165, 1.54) is 10.8 Å². The Morgan fingerprint density at radius 2 is 1.84 bits per heavy atom. The molecule has 0 aliphatic rings. The zero-order chi connectivity index (χ0) is 22.0. The molecule has 4 heteroatoms. The number of hydrogen-bond acceptors (Lipinski definition) is 3. The first-order chi connectivity index (χ1) is 15.0. The van der Waals surface area contributed by atoms with Crippen LogP contribution < -0.4 is 10.1 Å². The predicted octanol–water partition coefficient (Wildman–Crippen LogP) is 6.50. The summed E-state index contributed by atoms with van der Waals surface area (Å²) < 4.78 is 12.0. The molecular weight excluding hydrogens is 386 g/mol. The topological polar surface area (TPSA) is 51.5 Å². The number of allylic oxidation sites excluding steroid dienone is 1. The molecule has 0 spiro atoms. The Kier molecular flexibility index (Phi) is 5.81. The van der Waals surface area contributed by atoms with Gasteiger partial charge in [-0.2, -0.15) is 0 Å². The Balaban J connectivity index is 1.97. The van der Waals surface area contributed by atoms with Crippen LogP contribution in [0.25, 0.3) is 38.4 Å². The average molecular weight is 414 g/mol. The molecule has 3 aromatic carbocycles. The Bertz CT molecular complexity index is 1290. The van der Waals surface area contributed by atoms with Crippen LogP contribution in [-0.4, -0.2) is 19.1 Å². The fourth-order valence-electron chi connectivity index (χ4n) is 4.11. The van der Waals surface area contributed by atoms with Gasteiger partial charge >= 0.3 is 0 Å². The second-order valence-electron chi connectivity index (χ2n) is 7.59. The molecule has 0 atom stereocenters. The highest BCUT2D eigenvalue weighted by Crippen LogP contribution is 2.42. The molecule has 0 bridgehead atoms. The third-order valence-electron chi connectivity index (χ3n) is 5.54. The van der Waals surface area contributed by atoms with Gasteiger partial charge in [-0.15, -0.1) is 0 Å². The maximum atomic E-state index is 12.2. The lowest BCUT2D eigenvalue weighted by molar-refractivity contribution is -0.116. The third kappa shape index (κ3) is 3.81. The second kappa shape index (κ2) is 8.68. The number of amides is 1. The SMILES string of the molecule is CCNC(=O)/C=C(\C)c1cc2c(-c3cccc4ccccc34)coc2c(C)c1OCC. The number of aryl methyl sites for hydroxylation is 1. The number of nitrogens with one attached hydrogen (secondary N) is 1. The number of ether oxygens (including phenoxy) is 1. The van der Waals surface area contributed by atoms with E-state index in [1.54, 1.807) is 6.08 Å². The molecule has 1 N–H and O–H groups in total. The highest BCUT2D eigenvalue weighted by Gasteiger charge is 2.20. The summed E-state index contributed by atoms with van der Waals surface area (Å²) in [6.45, 7) is 8.93. The summed E-state index contributed by atoms with van der Waals surface area (Å²) in [5, 5.41) is 6.20. The summed E-state index contributed by atoms with van der Waals surface area (Å²) in [4.78, 5) is 12.2. The number of likely N-dealkylation sites (N-methyl/N-ethyl adjacent to an activating group) is 1. The van der Waals surface area contributed by atoms with Crippen LogP contribution in [0.15, 0.2) is 65.3 Å². The number of benzene rings is 3. The first-order valence-corrected chi connectivity index (χ1v) is 10.7. The van der Waals surface area contributed by atoms with Crippen molar-refractivity contribution in [1.29, 1.82) is 0 Å². The number of fused-ring (bicyclic) bond motifs is 2. The predicted molar refractivity (Wildman–Crippen MR) is 127 cm³/mol. The molecular formula is C27H27NO3. The van der Waals surface area contributed by atoms with Crippen LogP contribution >= 0.6 is 0 Å². The molecule has 4 nitrogen and oxygen atoms in total. The first-order valence-electron chi connectivity index (χ1n) is 10.7. The van der Waals surface area contributed by atoms with Gasteiger partial charge in [0.1, 0.15) is 11.3 Å². The molecule has 31 heavy (non-hydrogen) atoms. The van der Waals surface area contributed by atoms with E-state index in [0.29, 0.717) is 13.2 Å². The minimum atomic E-state index is -0.110. The number of rotatable bonds is 6. The Morgan fingerprint density at radius 1 is 1.06 bits per heavy atom. The maximum absolute atomic E-state index is 12.2. The van der Waals surface area contributed by atoms with Crippen molar-refractivity contribution in [2.75, 3.05) is 13.2 Å². The monoisotopic (exact) mass is 413 g/mol. The van der Waals surface area contributed by atoms with E-state index >= 15 is 0 Å². The second-order valence-corrected chi connectivity index (χ2v) is 7.59. The van der Waals surface area contributed by atoms with Gasteiger partial charge < -0.3 is 14.5 Å². The lowest BCUT2D eigenvalue weighted by Gasteiger charge is -2.15. The molecule has 0 unspecified atom stereocenters. The summed E-state index contributed by atoms with van der Waals surface area (Å²) in [5.74, 6) is 0.647. The van der Waals surface area contributed by atoms with Gasteiger partial charge in [0.25, 0.3) is 0 Å².